The molecular formula is C17H14F3N3O2. The fraction of sp³-hybridized carbons (Fsp3) is 0.294. The molecule has 1 aromatic carbocycles. The number of fused-ring (bicyclic) bond motifs is 1. The van der Waals surface area contributed by atoms with E-state index in [4.69, 9.17) is 4.74 Å². The highest BCUT2D eigenvalue weighted by Crippen LogP contribution is 2.37. The number of aromatic nitrogens is 3. The van der Waals surface area contributed by atoms with Crippen molar-refractivity contribution in [1.29, 1.82) is 0 Å². The number of rotatable bonds is 4. The molecule has 2 heterocycles. The lowest BCUT2D eigenvalue weighted by Gasteiger charge is -2.11. The third-order valence-corrected chi connectivity index (χ3v) is 4.17. The fourth-order valence-electron chi connectivity index (χ4n) is 2.57. The minimum atomic E-state index is -4.43. The van der Waals surface area contributed by atoms with Gasteiger partial charge in [0.15, 0.2) is 0 Å². The summed E-state index contributed by atoms with van der Waals surface area (Å²) in [6.45, 7) is 0.450. The molecule has 0 saturated heterocycles. The van der Waals surface area contributed by atoms with Gasteiger partial charge in [-0.2, -0.15) is 13.2 Å². The van der Waals surface area contributed by atoms with Crippen LogP contribution >= 0.6 is 0 Å². The molecule has 3 aromatic rings. The van der Waals surface area contributed by atoms with E-state index in [1.54, 1.807) is 24.5 Å². The first kappa shape index (κ1) is 15.9. The monoisotopic (exact) mass is 349 g/mol. The molecule has 5 nitrogen and oxygen atoms in total. The zero-order chi connectivity index (χ0) is 17.7. The van der Waals surface area contributed by atoms with Crippen LogP contribution in [0.15, 0.2) is 42.9 Å². The summed E-state index contributed by atoms with van der Waals surface area (Å²) in [5.74, 6) is 0.503. The largest absolute Gasteiger partial charge is 0.439 e. The highest BCUT2D eigenvalue weighted by Gasteiger charge is 2.40. The zero-order valence-electron chi connectivity index (χ0n) is 13.0. The third kappa shape index (κ3) is 3.30. The van der Waals surface area contributed by atoms with Gasteiger partial charge in [0, 0.05) is 18.3 Å². The summed E-state index contributed by atoms with van der Waals surface area (Å²) in [4.78, 5) is 7.97. The van der Waals surface area contributed by atoms with Crippen molar-refractivity contribution >= 4 is 11.0 Å². The van der Waals surface area contributed by atoms with E-state index < -0.39 is 17.3 Å². The van der Waals surface area contributed by atoms with Crippen LogP contribution < -0.4 is 4.74 Å². The van der Waals surface area contributed by atoms with E-state index >= 15 is 0 Å². The van der Waals surface area contributed by atoms with Crippen LogP contribution in [0.5, 0.6) is 11.6 Å². The maximum absolute atomic E-state index is 12.6. The second kappa shape index (κ2) is 5.45. The van der Waals surface area contributed by atoms with Crippen LogP contribution in [0.4, 0.5) is 13.2 Å². The van der Waals surface area contributed by atoms with Crippen molar-refractivity contribution in [2.45, 2.75) is 31.2 Å². The van der Waals surface area contributed by atoms with Crippen molar-refractivity contribution in [3.63, 3.8) is 0 Å². The van der Waals surface area contributed by atoms with Crippen molar-refractivity contribution in [3.8, 4) is 11.6 Å². The lowest BCUT2D eigenvalue weighted by atomic mass is 10.2. The molecule has 0 atom stereocenters. The molecule has 130 valence electrons. The van der Waals surface area contributed by atoms with Gasteiger partial charge >= 0.3 is 6.18 Å². The number of pyridine rings is 1. The molecule has 1 saturated carbocycles. The predicted molar refractivity (Wildman–Crippen MR) is 83.2 cm³/mol. The van der Waals surface area contributed by atoms with Crippen LogP contribution in [-0.2, 0) is 12.7 Å². The molecule has 1 fully saturated rings. The molecule has 1 N–H and O–H groups in total. The number of benzene rings is 1. The van der Waals surface area contributed by atoms with Gasteiger partial charge < -0.3 is 14.4 Å². The molecule has 1 aliphatic carbocycles. The number of ether oxygens (including phenoxy) is 1. The number of hydrogen-bond donors (Lipinski definition) is 1. The van der Waals surface area contributed by atoms with Crippen LogP contribution in [0.1, 0.15) is 18.4 Å². The lowest BCUT2D eigenvalue weighted by Crippen LogP contribution is -2.16. The SMILES string of the molecule is OC1(Cn2cnc3ccc(Oc4ccc(C(F)(F)F)cn4)cc32)CC1. The Morgan fingerprint density at radius 3 is 2.60 bits per heavy atom. The number of halogens is 3. The Morgan fingerprint density at radius 2 is 1.96 bits per heavy atom. The average molecular weight is 349 g/mol. The summed E-state index contributed by atoms with van der Waals surface area (Å²) < 4.78 is 45.1. The summed E-state index contributed by atoms with van der Waals surface area (Å²) in [5, 5.41) is 10.1. The van der Waals surface area contributed by atoms with Crippen molar-refractivity contribution < 1.29 is 23.0 Å². The summed E-state index contributed by atoms with van der Waals surface area (Å²) in [6.07, 6.45) is -0.515. The second-order valence-electron chi connectivity index (χ2n) is 6.23. The molecule has 8 heteroatoms. The van der Waals surface area contributed by atoms with Crippen molar-refractivity contribution in [2.24, 2.45) is 0 Å². The van der Waals surface area contributed by atoms with E-state index in [0.29, 0.717) is 12.3 Å². The van der Waals surface area contributed by atoms with E-state index in [2.05, 4.69) is 9.97 Å². The molecular weight excluding hydrogens is 335 g/mol. The van der Waals surface area contributed by atoms with Gasteiger partial charge in [0.05, 0.1) is 35.1 Å². The molecule has 2 aromatic heterocycles. The van der Waals surface area contributed by atoms with Gasteiger partial charge in [-0.25, -0.2) is 9.97 Å². The van der Waals surface area contributed by atoms with E-state index in [-0.39, 0.29) is 5.88 Å². The highest BCUT2D eigenvalue weighted by atomic mass is 19.4. The third-order valence-electron chi connectivity index (χ3n) is 4.17. The van der Waals surface area contributed by atoms with Gasteiger partial charge in [0.1, 0.15) is 5.75 Å². The Hall–Kier alpha value is -2.61. The van der Waals surface area contributed by atoms with E-state index in [1.807, 2.05) is 4.57 Å². The number of aliphatic hydroxyl groups is 1. The molecule has 0 aliphatic heterocycles. The number of hydrogen-bond acceptors (Lipinski definition) is 4. The molecule has 0 bridgehead atoms. The summed E-state index contributed by atoms with van der Waals surface area (Å²) >= 11 is 0. The van der Waals surface area contributed by atoms with E-state index in [1.165, 1.54) is 6.07 Å². The van der Waals surface area contributed by atoms with E-state index in [9.17, 15) is 18.3 Å². The Balaban J connectivity index is 1.58. The molecule has 25 heavy (non-hydrogen) atoms. The second-order valence-corrected chi connectivity index (χ2v) is 6.23. The van der Waals surface area contributed by atoms with Gasteiger partial charge in [-0.05, 0) is 31.0 Å². The first-order chi connectivity index (χ1) is 11.8. The topological polar surface area (TPSA) is 60.2 Å². The standard InChI is InChI=1S/C17H14F3N3O2/c18-17(19,20)11-1-4-15(21-8-11)25-12-2-3-13-14(7-12)23(10-22-13)9-16(24)5-6-16/h1-4,7-8,10,24H,5-6,9H2. The molecule has 0 amide bonds. The summed E-state index contributed by atoms with van der Waals surface area (Å²) in [7, 11) is 0. The molecule has 1 aliphatic rings. The van der Waals surface area contributed by atoms with Gasteiger partial charge in [-0.15, -0.1) is 0 Å². The Labute approximate surface area is 140 Å². The van der Waals surface area contributed by atoms with Crippen molar-refractivity contribution in [1.82, 2.24) is 14.5 Å². The average Bonchev–Trinajstić information content (AvgIpc) is 3.16. The maximum Gasteiger partial charge on any atom is 0.417 e. The predicted octanol–water partition coefficient (Wildman–Crippen LogP) is 3.77. The first-order valence-electron chi connectivity index (χ1n) is 7.71. The normalized spacial score (nSPS) is 16.2. The van der Waals surface area contributed by atoms with Crippen molar-refractivity contribution in [3.05, 3.63) is 48.4 Å². The quantitative estimate of drug-likeness (QED) is 0.779. The first-order valence-corrected chi connectivity index (χ1v) is 7.71. The Kier molecular flexibility index (Phi) is 3.47. The van der Waals surface area contributed by atoms with Gasteiger partial charge in [0.2, 0.25) is 5.88 Å². The highest BCUT2D eigenvalue weighted by molar-refractivity contribution is 5.77. The van der Waals surface area contributed by atoms with Crippen molar-refractivity contribution in [2.75, 3.05) is 0 Å². The van der Waals surface area contributed by atoms with E-state index in [0.717, 1.165) is 36.1 Å². The Bertz CT molecular complexity index is 915. The maximum atomic E-state index is 12.6. The van der Waals surface area contributed by atoms with Crippen LogP contribution in [0, 0.1) is 0 Å². The summed E-state index contributed by atoms with van der Waals surface area (Å²) in [6, 6.07) is 7.26. The summed E-state index contributed by atoms with van der Waals surface area (Å²) in [5.41, 5.74) is 0.0345. The number of nitrogens with zero attached hydrogens (tertiary/aromatic N) is 3. The van der Waals surface area contributed by atoms with Crippen LogP contribution in [0.25, 0.3) is 11.0 Å². The molecule has 4 rings (SSSR count). The van der Waals surface area contributed by atoms with Crippen LogP contribution in [0.2, 0.25) is 0 Å². The number of imidazole rings is 1. The van der Waals surface area contributed by atoms with Crippen LogP contribution in [-0.4, -0.2) is 25.2 Å². The smallest absolute Gasteiger partial charge is 0.417 e. The minimum Gasteiger partial charge on any atom is -0.439 e. The minimum absolute atomic E-state index is 0.0687. The molecule has 0 radical (unpaired) electrons. The van der Waals surface area contributed by atoms with Crippen LogP contribution in [0.3, 0.4) is 0 Å². The fourth-order valence-corrected chi connectivity index (χ4v) is 2.57. The molecule has 0 unspecified atom stereocenters. The molecule has 0 spiro atoms. The Morgan fingerprint density at radius 1 is 1.16 bits per heavy atom. The zero-order valence-corrected chi connectivity index (χ0v) is 13.0. The number of alkyl halides is 3. The van der Waals surface area contributed by atoms with Gasteiger partial charge in [0.25, 0.3) is 0 Å². The lowest BCUT2D eigenvalue weighted by molar-refractivity contribution is -0.137. The van der Waals surface area contributed by atoms with Gasteiger partial charge in [-0.3, -0.25) is 0 Å². The van der Waals surface area contributed by atoms with Gasteiger partial charge in [-0.1, -0.05) is 0 Å².